The number of anilines is 1. The van der Waals surface area contributed by atoms with Crippen molar-refractivity contribution in [3.05, 3.63) is 58.9 Å². The Morgan fingerprint density at radius 2 is 1.95 bits per heavy atom. The van der Waals surface area contributed by atoms with Crippen molar-refractivity contribution >= 4 is 27.1 Å². The molecule has 0 radical (unpaired) electrons. The van der Waals surface area contributed by atoms with Gasteiger partial charge in [0.15, 0.2) is 9.84 Å². The number of sulfone groups is 1. The molecule has 2 aromatic rings. The van der Waals surface area contributed by atoms with Gasteiger partial charge in [0.25, 0.3) is 0 Å². The monoisotopic (exact) mass is 311 g/mol. The van der Waals surface area contributed by atoms with Gasteiger partial charge in [0.2, 0.25) is 0 Å². The first-order valence-corrected chi connectivity index (χ1v) is 8.04. The van der Waals surface area contributed by atoms with Crippen LogP contribution in [0.25, 0.3) is 0 Å². The van der Waals surface area contributed by atoms with Gasteiger partial charge in [-0.1, -0.05) is 29.8 Å². The van der Waals surface area contributed by atoms with E-state index < -0.39 is 15.7 Å². The van der Waals surface area contributed by atoms with Crippen LogP contribution in [0.15, 0.2) is 47.4 Å². The Morgan fingerprint density at radius 3 is 2.70 bits per heavy atom. The van der Waals surface area contributed by atoms with E-state index in [0.717, 1.165) is 0 Å². The lowest BCUT2D eigenvalue weighted by atomic mass is 10.1. The molecule has 104 valence electrons. The van der Waals surface area contributed by atoms with E-state index in [0.29, 0.717) is 16.1 Å². The third-order valence-corrected chi connectivity index (χ3v) is 5.40. The highest BCUT2D eigenvalue weighted by Gasteiger charge is 2.34. The van der Waals surface area contributed by atoms with Crippen molar-refractivity contribution in [2.75, 3.05) is 11.1 Å². The summed E-state index contributed by atoms with van der Waals surface area (Å²) < 4.78 is 37.1. The molecule has 0 saturated heterocycles. The van der Waals surface area contributed by atoms with E-state index in [2.05, 4.69) is 5.32 Å². The molecule has 6 heteroatoms. The van der Waals surface area contributed by atoms with Crippen LogP contribution in [0.5, 0.6) is 0 Å². The van der Waals surface area contributed by atoms with Crippen LogP contribution in [0.2, 0.25) is 5.02 Å². The molecule has 0 amide bonds. The first kappa shape index (κ1) is 13.4. The fourth-order valence-corrected chi connectivity index (χ4v) is 4.32. The van der Waals surface area contributed by atoms with E-state index in [9.17, 15) is 12.8 Å². The van der Waals surface area contributed by atoms with Crippen LogP contribution in [0.4, 0.5) is 10.1 Å². The molecule has 0 saturated carbocycles. The average molecular weight is 312 g/mol. The number of benzene rings is 2. The molecular formula is C14H11ClFNO2S. The summed E-state index contributed by atoms with van der Waals surface area (Å²) in [6.07, 6.45) is 0. The van der Waals surface area contributed by atoms with E-state index in [1.165, 1.54) is 18.2 Å². The predicted octanol–water partition coefficient (Wildman–Crippen LogP) is 3.42. The van der Waals surface area contributed by atoms with Crippen LogP contribution in [-0.4, -0.2) is 14.2 Å². The molecule has 2 aromatic carbocycles. The Morgan fingerprint density at radius 1 is 1.20 bits per heavy atom. The highest BCUT2D eigenvalue weighted by Crippen LogP contribution is 2.36. The quantitative estimate of drug-likeness (QED) is 0.924. The van der Waals surface area contributed by atoms with E-state index in [1.807, 2.05) is 0 Å². The molecular weight excluding hydrogens is 301 g/mol. The number of rotatable bonds is 2. The summed E-state index contributed by atoms with van der Waals surface area (Å²) in [6.45, 7) is 0. The highest BCUT2D eigenvalue weighted by atomic mass is 35.5. The Kier molecular flexibility index (Phi) is 3.18. The minimum atomic E-state index is -3.28. The third kappa shape index (κ3) is 2.27. The molecule has 3 rings (SSSR count). The maximum atomic E-state index is 13.0. The van der Waals surface area contributed by atoms with Crippen molar-refractivity contribution in [3.8, 4) is 0 Å². The Labute approximate surface area is 121 Å². The molecule has 0 spiro atoms. The van der Waals surface area contributed by atoms with Crippen LogP contribution in [-0.2, 0) is 9.84 Å². The van der Waals surface area contributed by atoms with Crippen molar-refractivity contribution in [3.63, 3.8) is 0 Å². The van der Waals surface area contributed by atoms with Crippen LogP contribution in [0.3, 0.4) is 0 Å². The van der Waals surface area contributed by atoms with Gasteiger partial charge in [-0.15, -0.1) is 0 Å². The zero-order valence-corrected chi connectivity index (χ0v) is 11.9. The summed E-state index contributed by atoms with van der Waals surface area (Å²) in [5, 5.41) is 3.30. The minimum Gasteiger partial charge on any atom is -0.376 e. The summed E-state index contributed by atoms with van der Waals surface area (Å²) >= 11 is 5.95. The second kappa shape index (κ2) is 4.75. The fourth-order valence-electron chi connectivity index (χ4n) is 2.36. The molecule has 0 aliphatic carbocycles. The summed E-state index contributed by atoms with van der Waals surface area (Å²) in [4.78, 5) is 0.343. The van der Waals surface area contributed by atoms with Gasteiger partial charge in [0.1, 0.15) is 5.82 Å². The fraction of sp³-hybridized carbons (Fsp3) is 0.143. The Bertz CT molecular complexity index is 776. The third-order valence-electron chi connectivity index (χ3n) is 3.28. The number of fused-ring (bicyclic) bond motifs is 1. The molecule has 1 atom stereocenters. The first-order valence-electron chi connectivity index (χ1n) is 6.01. The van der Waals surface area contributed by atoms with Gasteiger partial charge in [-0.2, -0.15) is 0 Å². The zero-order chi connectivity index (χ0) is 14.3. The van der Waals surface area contributed by atoms with E-state index in [-0.39, 0.29) is 16.8 Å². The average Bonchev–Trinajstić information content (AvgIpc) is 2.65. The standard InChI is InChI=1S/C14H11ClFNO2S/c15-11-7-9(16)5-6-12(11)17-13-8-20(18,19)14-4-2-1-3-10(13)14/h1-7,13,17H,8H2. The van der Waals surface area contributed by atoms with Crippen LogP contribution < -0.4 is 5.32 Å². The molecule has 1 unspecified atom stereocenters. The van der Waals surface area contributed by atoms with Gasteiger partial charge in [-0.05, 0) is 29.8 Å². The second-order valence-corrected chi connectivity index (χ2v) is 7.05. The van der Waals surface area contributed by atoms with Crippen LogP contribution >= 0.6 is 11.6 Å². The van der Waals surface area contributed by atoms with E-state index in [4.69, 9.17) is 11.6 Å². The summed E-state index contributed by atoms with van der Waals surface area (Å²) in [5.41, 5.74) is 1.23. The van der Waals surface area contributed by atoms with Gasteiger partial charge >= 0.3 is 0 Å². The lowest BCUT2D eigenvalue weighted by Gasteiger charge is -2.15. The molecule has 20 heavy (non-hydrogen) atoms. The second-order valence-electron chi connectivity index (χ2n) is 4.64. The summed E-state index contributed by atoms with van der Waals surface area (Å²) in [7, 11) is -3.28. The van der Waals surface area contributed by atoms with Crippen molar-refractivity contribution in [1.29, 1.82) is 0 Å². The molecule has 3 nitrogen and oxygen atoms in total. The van der Waals surface area contributed by atoms with Gasteiger partial charge in [0.05, 0.1) is 27.4 Å². The number of hydrogen-bond acceptors (Lipinski definition) is 3. The summed E-state index contributed by atoms with van der Waals surface area (Å²) in [6, 6.07) is 10.5. The van der Waals surface area contributed by atoms with Crippen molar-refractivity contribution in [2.45, 2.75) is 10.9 Å². The highest BCUT2D eigenvalue weighted by molar-refractivity contribution is 7.91. The SMILES string of the molecule is O=S1(=O)CC(Nc2ccc(F)cc2Cl)c2ccccc21. The molecule has 1 aliphatic rings. The number of hydrogen-bond donors (Lipinski definition) is 1. The molecule has 1 aliphatic heterocycles. The van der Waals surface area contributed by atoms with Gasteiger partial charge in [-0.25, -0.2) is 12.8 Å². The molecule has 0 bridgehead atoms. The van der Waals surface area contributed by atoms with Gasteiger partial charge in [-0.3, -0.25) is 0 Å². The van der Waals surface area contributed by atoms with Crippen LogP contribution in [0, 0.1) is 5.82 Å². The van der Waals surface area contributed by atoms with Crippen LogP contribution in [0.1, 0.15) is 11.6 Å². The molecule has 0 fully saturated rings. The summed E-state index contributed by atoms with van der Waals surface area (Å²) in [5.74, 6) is -0.458. The van der Waals surface area contributed by atoms with Gasteiger partial charge < -0.3 is 5.32 Å². The van der Waals surface area contributed by atoms with Crippen molar-refractivity contribution in [2.24, 2.45) is 0 Å². The lowest BCUT2D eigenvalue weighted by molar-refractivity contribution is 0.598. The Balaban J connectivity index is 1.97. The maximum Gasteiger partial charge on any atom is 0.181 e. The normalized spacial score (nSPS) is 19.6. The molecule has 0 aromatic heterocycles. The minimum absolute atomic E-state index is 0.0277. The van der Waals surface area contributed by atoms with E-state index in [1.54, 1.807) is 24.3 Å². The van der Waals surface area contributed by atoms with Crippen molar-refractivity contribution < 1.29 is 12.8 Å². The topological polar surface area (TPSA) is 46.2 Å². The predicted molar refractivity (Wildman–Crippen MR) is 76.3 cm³/mol. The number of nitrogens with one attached hydrogen (secondary N) is 1. The zero-order valence-electron chi connectivity index (χ0n) is 10.3. The van der Waals surface area contributed by atoms with E-state index >= 15 is 0 Å². The lowest BCUT2D eigenvalue weighted by Crippen LogP contribution is -2.13. The largest absolute Gasteiger partial charge is 0.376 e. The van der Waals surface area contributed by atoms with Crippen molar-refractivity contribution in [1.82, 2.24) is 0 Å². The molecule has 1 N–H and O–H groups in total. The molecule has 1 heterocycles. The maximum absolute atomic E-state index is 13.0. The number of halogens is 2. The van der Waals surface area contributed by atoms with Gasteiger partial charge in [0, 0.05) is 0 Å². The smallest absolute Gasteiger partial charge is 0.181 e. The first-order chi connectivity index (χ1) is 9.47. The Hall–Kier alpha value is -1.59.